The van der Waals surface area contributed by atoms with Crippen molar-refractivity contribution in [1.29, 1.82) is 0 Å². The predicted octanol–water partition coefficient (Wildman–Crippen LogP) is 8.71. The van der Waals surface area contributed by atoms with Crippen molar-refractivity contribution in [1.82, 2.24) is 0 Å². The van der Waals surface area contributed by atoms with Crippen LogP contribution in [0.5, 0.6) is 0 Å². The van der Waals surface area contributed by atoms with Crippen LogP contribution in [-0.2, 0) is 17.0 Å². The predicted molar refractivity (Wildman–Crippen MR) is 128 cm³/mol. The van der Waals surface area contributed by atoms with Crippen LogP contribution < -0.4 is 0 Å². The van der Waals surface area contributed by atoms with E-state index in [9.17, 15) is 0 Å². The molecule has 0 bridgehead atoms. The second-order valence-electron chi connectivity index (χ2n) is 10.8. The van der Waals surface area contributed by atoms with Crippen molar-refractivity contribution in [3.63, 3.8) is 0 Å². The number of nitrogens with zero attached hydrogens (tertiary/aromatic N) is 2. The molecule has 0 saturated heterocycles. The summed E-state index contributed by atoms with van der Waals surface area (Å²) in [5, 5.41) is 10.5. The quantitative estimate of drug-likeness (QED) is 0.263. The Labute approximate surface area is 203 Å². The summed E-state index contributed by atoms with van der Waals surface area (Å²) in [5.74, 6) is 5.51. The van der Waals surface area contributed by atoms with Crippen molar-refractivity contribution >= 4 is 18.6 Å². The molecular weight excluding hydrogens is 447 g/mol. The standard InChI is InChI=1S/C25H44N2.2ClH.Ti/c1-18-9-7-10-19(2)24(18)26-15-8-16-27-25-22-13-5-3-11-20(22)17-21-12-4-6-14-23(21)25;;;/h18-25H,3-17H2,1-2H3;2*1H;/q-2;;;+2/p-2. The molecule has 4 aliphatic rings. The molecular formula is C25H44Cl2N2Ti-2. The van der Waals surface area contributed by atoms with E-state index < -0.39 is 17.0 Å². The Morgan fingerprint density at radius 2 is 1.13 bits per heavy atom. The zero-order chi connectivity index (χ0) is 21.3. The molecule has 6 unspecified atom stereocenters. The second-order valence-corrected chi connectivity index (χ2v) is 13.3. The van der Waals surface area contributed by atoms with Crippen LogP contribution in [0.15, 0.2) is 0 Å². The Morgan fingerprint density at radius 1 is 0.667 bits per heavy atom. The van der Waals surface area contributed by atoms with E-state index in [1.54, 1.807) is 6.42 Å². The van der Waals surface area contributed by atoms with Gasteiger partial charge in [-0.15, -0.1) is 12.1 Å². The van der Waals surface area contributed by atoms with Gasteiger partial charge >= 0.3 is 35.6 Å². The van der Waals surface area contributed by atoms with Crippen molar-refractivity contribution in [3.05, 3.63) is 10.6 Å². The summed E-state index contributed by atoms with van der Waals surface area (Å²) in [6.07, 6.45) is 18.8. The average Bonchev–Trinajstić information content (AvgIpc) is 2.75. The molecule has 0 radical (unpaired) electrons. The van der Waals surface area contributed by atoms with Crippen LogP contribution in [0.4, 0.5) is 0 Å². The van der Waals surface area contributed by atoms with Crippen LogP contribution in [0.25, 0.3) is 10.6 Å². The summed E-state index contributed by atoms with van der Waals surface area (Å²) in [6.45, 7) is 6.97. The van der Waals surface area contributed by atoms with E-state index in [4.69, 9.17) is 29.2 Å². The molecule has 6 atom stereocenters. The Hall–Kier alpha value is 1.21. The Morgan fingerprint density at radius 3 is 1.67 bits per heavy atom. The number of halogens is 2. The summed E-state index contributed by atoms with van der Waals surface area (Å²) < 4.78 is 0. The molecule has 0 aliphatic heterocycles. The van der Waals surface area contributed by atoms with Crippen LogP contribution in [0.3, 0.4) is 0 Å². The summed E-state index contributed by atoms with van der Waals surface area (Å²) >= 11 is -0.556. The van der Waals surface area contributed by atoms with Gasteiger partial charge < -0.3 is 10.6 Å². The summed E-state index contributed by atoms with van der Waals surface area (Å²) in [4.78, 5) is 0. The fourth-order valence-corrected chi connectivity index (χ4v) is 7.51. The van der Waals surface area contributed by atoms with Gasteiger partial charge in [0.25, 0.3) is 0 Å². The van der Waals surface area contributed by atoms with Gasteiger partial charge in [0.05, 0.1) is 0 Å². The molecule has 0 N–H and O–H groups in total. The van der Waals surface area contributed by atoms with Gasteiger partial charge in [0.2, 0.25) is 0 Å². The maximum absolute atomic E-state index is 5.41. The molecule has 4 saturated carbocycles. The molecule has 0 aromatic rings. The van der Waals surface area contributed by atoms with Crippen molar-refractivity contribution in [2.75, 3.05) is 13.1 Å². The van der Waals surface area contributed by atoms with Crippen molar-refractivity contribution in [3.8, 4) is 0 Å². The molecule has 4 rings (SSSR count). The second kappa shape index (κ2) is 13.8. The number of rotatable bonds is 6. The fraction of sp³-hybridized carbons (Fsp3) is 1.00. The Bertz CT molecular complexity index is 448. The average molecular weight is 491 g/mol. The first-order chi connectivity index (χ1) is 14.7. The van der Waals surface area contributed by atoms with Gasteiger partial charge in [-0.3, -0.25) is 0 Å². The molecule has 30 heavy (non-hydrogen) atoms. The van der Waals surface area contributed by atoms with E-state index in [0.717, 1.165) is 48.6 Å². The van der Waals surface area contributed by atoms with Crippen LogP contribution >= 0.6 is 18.6 Å². The van der Waals surface area contributed by atoms with E-state index in [2.05, 4.69) is 13.8 Å². The van der Waals surface area contributed by atoms with Gasteiger partial charge in [-0.25, -0.2) is 0 Å². The summed E-state index contributed by atoms with van der Waals surface area (Å²) in [7, 11) is 9.78. The van der Waals surface area contributed by atoms with Crippen molar-refractivity contribution in [2.24, 2.45) is 35.5 Å². The third-order valence-electron chi connectivity index (χ3n) is 8.90. The number of hydrogen-bond acceptors (Lipinski definition) is 0. The van der Waals surface area contributed by atoms with Crippen LogP contribution in [0.1, 0.15) is 97.3 Å². The van der Waals surface area contributed by atoms with Crippen molar-refractivity contribution < 1.29 is 17.0 Å². The minimum absolute atomic E-state index is 0.556. The monoisotopic (exact) mass is 490 g/mol. The minimum atomic E-state index is -0.556. The van der Waals surface area contributed by atoms with Gasteiger partial charge in [0.15, 0.2) is 0 Å². The number of hydrogen-bond donors (Lipinski definition) is 0. The van der Waals surface area contributed by atoms with Crippen LogP contribution in [0.2, 0.25) is 0 Å². The Kier molecular flexibility index (Phi) is 11.9. The molecule has 0 amide bonds. The van der Waals surface area contributed by atoms with Crippen LogP contribution in [-0.4, -0.2) is 25.2 Å². The summed E-state index contributed by atoms with van der Waals surface area (Å²) in [5.41, 5.74) is 0. The molecule has 174 valence electrons. The zero-order valence-electron chi connectivity index (χ0n) is 19.4. The molecule has 0 aromatic carbocycles. The molecule has 4 aliphatic carbocycles. The summed E-state index contributed by atoms with van der Waals surface area (Å²) in [6, 6.07) is 1.33. The third kappa shape index (κ3) is 7.10. The van der Waals surface area contributed by atoms with Gasteiger partial charge in [0.1, 0.15) is 0 Å². The molecule has 0 spiro atoms. The molecule has 2 nitrogen and oxygen atoms in total. The SMILES string of the molecule is CC1CCCC(C)C1[N-]CCC[N-]C1C2CCCCC2CC2CCCCC21.[Cl][Ti][Cl]. The van der Waals surface area contributed by atoms with E-state index in [0.29, 0.717) is 12.1 Å². The maximum atomic E-state index is 5.41. The fourth-order valence-electron chi connectivity index (χ4n) is 7.51. The van der Waals surface area contributed by atoms with Gasteiger partial charge in [0, 0.05) is 0 Å². The van der Waals surface area contributed by atoms with Gasteiger partial charge in [-0.2, -0.15) is 13.1 Å². The molecule has 4 fully saturated rings. The first kappa shape index (κ1) is 25.8. The normalized spacial score (nSPS) is 41.1. The van der Waals surface area contributed by atoms with E-state index in [1.807, 2.05) is 0 Å². The number of fused-ring (bicyclic) bond motifs is 2. The van der Waals surface area contributed by atoms with Crippen LogP contribution in [0, 0.1) is 35.5 Å². The molecule has 0 heterocycles. The van der Waals surface area contributed by atoms with Gasteiger partial charge in [-0.1, -0.05) is 115 Å². The zero-order valence-corrected chi connectivity index (χ0v) is 22.4. The van der Waals surface area contributed by atoms with Gasteiger partial charge in [-0.05, 0) is 18.3 Å². The third-order valence-corrected chi connectivity index (χ3v) is 8.90. The van der Waals surface area contributed by atoms with E-state index in [1.165, 1.54) is 77.0 Å². The first-order valence-electron chi connectivity index (χ1n) is 12.9. The van der Waals surface area contributed by atoms with E-state index >= 15 is 0 Å². The van der Waals surface area contributed by atoms with Crippen molar-refractivity contribution in [2.45, 2.75) is 109 Å². The topological polar surface area (TPSA) is 28.2 Å². The first-order valence-corrected chi connectivity index (χ1v) is 17.2. The Balaban J connectivity index is 0.000000806. The molecule has 5 heteroatoms. The van der Waals surface area contributed by atoms with E-state index in [-0.39, 0.29) is 0 Å². The molecule has 0 aromatic heterocycles.